The van der Waals surface area contributed by atoms with Crippen molar-refractivity contribution in [2.75, 3.05) is 28.6 Å². The van der Waals surface area contributed by atoms with E-state index in [-0.39, 0.29) is 21.7 Å². The van der Waals surface area contributed by atoms with Crippen LogP contribution < -0.4 is 9.80 Å². The zero-order chi connectivity index (χ0) is 60.2. The molecular weight excluding hydrogens is 1070 g/mol. The van der Waals surface area contributed by atoms with Gasteiger partial charge in [0, 0.05) is 43.6 Å². The van der Waals surface area contributed by atoms with E-state index in [4.69, 9.17) is 0 Å². The number of hydrogen-bond donors (Lipinski definition) is 0. The van der Waals surface area contributed by atoms with E-state index in [1.807, 2.05) is 11.8 Å². The van der Waals surface area contributed by atoms with E-state index in [0.717, 1.165) is 28.4 Å². The highest BCUT2D eigenvalue weighted by Crippen LogP contribution is 2.66. The number of benzene rings is 10. The maximum atomic E-state index is 2.65. The predicted molar refractivity (Wildman–Crippen MR) is 370 cm³/mol. The summed E-state index contributed by atoms with van der Waals surface area (Å²) in [5, 5.41) is 0. The molecule has 430 valence electrons. The Morgan fingerprint density at radius 3 is 1.32 bits per heavy atom. The van der Waals surface area contributed by atoms with Crippen LogP contribution in [-0.2, 0) is 27.1 Å². The Hall–Kier alpha value is -7.50. The molecule has 0 spiro atoms. The summed E-state index contributed by atoms with van der Waals surface area (Å²) in [7, 11) is -1.06. The molecule has 0 radical (unpaired) electrons. The second kappa shape index (κ2) is 21.2. The molecule has 0 aliphatic heterocycles. The Bertz CT molecular complexity index is 4140. The molecule has 1 atom stereocenters. The van der Waals surface area contributed by atoms with Crippen LogP contribution in [0, 0.1) is 13.8 Å². The maximum Gasteiger partial charge on any atom is 0.0715 e. The van der Waals surface area contributed by atoms with Crippen LogP contribution in [0.1, 0.15) is 137 Å². The number of rotatable bonds is 11. The van der Waals surface area contributed by atoms with Gasteiger partial charge in [0.2, 0.25) is 0 Å². The van der Waals surface area contributed by atoms with Gasteiger partial charge in [0.1, 0.15) is 0 Å². The van der Waals surface area contributed by atoms with Crippen LogP contribution in [0.3, 0.4) is 0 Å². The largest absolute Gasteiger partial charge is 0.310 e. The Kier molecular flexibility index (Phi) is 14.4. The van der Waals surface area contributed by atoms with E-state index >= 15 is 0 Å². The molecule has 0 aromatic heterocycles. The van der Waals surface area contributed by atoms with E-state index < -0.39 is 15.4 Å². The first-order valence-electron chi connectivity index (χ1n) is 30.3. The lowest BCUT2D eigenvalue weighted by molar-refractivity contribution is 0.589. The Balaban J connectivity index is 1.21. The van der Waals surface area contributed by atoms with Crippen LogP contribution >= 0.6 is 21.8 Å². The molecule has 10 aromatic carbocycles. The van der Waals surface area contributed by atoms with Crippen LogP contribution in [0.15, 0.2) is 233 Å². The number of nitrogens with zero attached hydrogens (tertiary/aromatic N) is 2. The van der Waals surface area contributed by atoms with Crippen molar-refractivity contribution in [3.05, 3.63) is 280 Å². The summed E-state index contributed by atoms with van der Waals surface area (Å²) in [6.45, 7) is 30.0. The molecule has 2 aliphatic rings. The van der Waals surface area contributed by atoms with E-state index in [0.29, 0.717) is 0 Å². The summed E-state index contributed by atoms with van der Waals surface area (Å²) in [6.07, 6.45) is 7.23. The van der Waals surface area contributed by atoms with Crippen LogP contribution in [0.25, 0.3) is 22.3 Å². The van der Waals surface area contributed by atoms with Gasteiger partial charge in [-0.3, -0.25) is 0 Å². The maximum absolute atomic E-state index is 2.65. The van der Waals surface area contributed by atoms with Crippen molar-refractivity contribution in [1.82, 2.24) is 0 Å². The van der Waals surface area contributed by atoms with Gasteiger partial charge in [0.15, 0.2) is 0 Å². The van der Waals surface area contributed by atoms with Gasteiger partial charge in [-0.2, -0.15) is 0 Å². The zero-order valence-corrected chi connectivity index (χ0v) is 54.6. The van der Waals surface area contributed by atoms with Crippen molar-refractivity contribution in [2.45, 2.75) is 132 Å². The van der Waals surface area contributed by atoms with Gasteiger partial charge in [-0.05, 0) is 240 Å². The minimum absolute atomic E-state index is 0.00481. The molecule has 0 saturated carbocycles. The highest BCUT2D eigenvalue weighted by atomic mass is 32.3. The van der Waals surface area contributed by atoms with Crippen LogP contribution in [-0.4, -0.2) is 18.8 Å². The fourth-order valence-corrected chi connectivity index (χ4v) is 15.3. The van der Waals surface area contributed by atoms with Gasteiger partial charge in [-0.15, -0.1) is 0 Å². The third-order valence-corrected chi connectivity index (χ3v) is 20.8. The Morgan fingerprint density at radius 2 is 0.812 bits per heavy atom. The monoisotopic (exact) mass is 1150 g/mol. The molecule has 85 heavy (non-hydrogen) atoms. The van der Waals surface area contributed by atoms with Gasteiger partial charge >= 0.3 is 0 Å². The fraction of sp³-hybridized carbons (Fsp3) is 0.259. The van der Waals surface area contributed by atoms with Crippen molar-refractivity contribution in [3.63, 3.8) is 0 Å². The lowest BCUT2D eigenvalue weighted by atomic mass is 9.67. The van der Waals surface area contributed by atoms with Crippen LogP contribution in [0.2, 0.25) is 0 Å². The van der Waals surface area contributed by atoms with Crippen molar-refractivity contribution < 1.29 is 0 Å². The van der Waals surface area contributed by atoms with Crippen LogP contribution in [0.4, 0.5) is 34.1 Å². The van der Waals surface area contributed by atoms with Crippen molar-refractivity contribution in [3.8, 4) is 22.3 Å². The first-order valence-corrected chi connectivity index (χ1v) is 34.0. The molecule has 0 bridgehead atoms. The molecule has 0 N–H and O–H groups in total. The van der Waals surface area contributed by atoms with Gasteiger partial charge < -0.3 is 9.80 Å². The smallest absolute Gasteiger partial charge is 0.0715 e. The summed E-state index contributed by atoms with van der Waals surface area (Å²) >= 11 is 1.84. The van der Waals surface area contributed by atoms with E-state index in [1.165, 1.54) is 104 Å². The summed E-state index contributed by atoms with van der Waals surface area (Å²) < 4.78 is 0. The molecule has 2 nitrogen and oxygen atoms in total. The minimum Gasteiger partial charge on any atom is -0.310 e. The molecule has 2 aliphatic carbocycles. The van der Waals surface area contributed by atoms with Crippen LogP contribution in [0.5, 0.6) is 0 Å². The predicted octanol–water partition coefficient (Wildman–Crippen LogP) is 23.0. The fourth-order valence-electron chi connectivity index (χ4n) is 13.5. The standard InChI is InChI=1S/C81H84N2S2/c1-53-21-19-23-62(49-53)82(60-37-27-55(28-38-60)77(3,4)5)64-41-48-69-71(51-64)81(59-35-46-67(47-36-59)85(14,15)16,58-33-44-66(45-34-58)84-65-42-31-57(32-43-65)79(9,10)11)72-52-73(76-75(74(69)72)68-25-17-18-26-70(68)80(76,12)13)83(63-24-20-22-54(2)50-63)61-39-29-56(30-40-61)78(6,7)8/h17-52H,1-16H3. The second-order valence-corrected chi connectivity index (χ2v) is 33.7. The Morgan fingerprint density at radius 1 is 0.376 bits per heavy atom. The summed E-state index contributed by atoms with van der Waals surface area (Å²) in [5.41, 5.74) is 25.1. The molecule has 0 fully saturated rings. The Labute approximate surface area is 514 Å². The molecular formula is C81H84N2S2. The highest BCUT2D eigenvalue weighted by Gasteiger charge is 2.52. The number of hydrogen-bond acceptors (Lipinski definition) is 3. The quantitative estimate of drug-likeness (QED) is 0.127. The van der Waals surface area contributed by atoms with Crippen molar-refractivity contribution >= 4 is 55.9 Å². The number of fused-ring (bicyclic) bond motifs is 7. The molecule has 0 heterocycles. The summed E-state index contributed by atoms with van der Waals surface area (Å²) in [4.78, 5) is 8.90. The van der Waals surface area contributed by atoms with Gasteiger partial charge in [0.05, 0.1) is 11.1 Å². The summed E-state index contributed by atoms with van der Waals surface area (Å²) in [5.74, 6) is 0. The second-order valence-electron chi connectivity index (χ2n) is 28.4. The van der Waals surface area contributed by atoms with E-state index in [1.54, 1.807) is 0 Å². The normalized spacial score (nSPS) is 15.4. The van der Waals surface area contributed by atoms with Crippen molar-refractivity contribution in [1.29, 1.82) is 0 Å². The molecule has 0 saturated heterocycles. The van der Waals surface area contributed by atoms with Gasteiger partial charge in [-0.25, -0.2) is 10.0 Å². The highest BCUT2D eigenvalue weighted by molar-refractivity contribution is 8.32. The minimum atomic E-state index is -1.06. The van der Waals surface area contributed by atoms with E-state index in [2.05, 4.69) is 337 Å². The first kappa shape index (κ1) is 57.9. The SMILES string of the molecule is Cc1cccc(N(c2ccc(C(C)(C)C)cc2)c2ccc3c(c2)C(c2ccc(Sc4ccc(C(C)(C)C)cc4)cc2)(c2ccc(S(C)(C)C)cc2)c2cc(N(c4ccc(C(C)(C)C)cc4)c4cccc(C)c4)c4c(c2-3)-c2ccccc2C4(C)C)c1. The zero-order valence-electron chi connectivity index (χ0n) is 53.0. The average molecular weight is 1150 g/mol. The summed E-state index contributed by atoms with van der Waals surface area (Å²) in [6, 6.07) is 84.9. The molecule has 4 heteroatoms. The molecule has 12 rings (SSSR count). The molecule has 0 amide bonds. The lowest BCUT2D eigenvalue weighted by Crippen LogP contribution is -2.30. The topological polar surface area (TPSA) is 6.48 Å². The first-order chi connectivity index (χ1) is 40.2. The van der Waals surface area contributed by atoms with E-state index in [9.17, 15) is 0 Å². The average Bonchev–Trinajstić information content (AvgIpc) is 1.55. The van der Waals surface area contributed by atoms with Gasteiger partial charge in [0.25, 0.3) is 0 Å². The molecule has 1 unspecified atom stereocenters. The third-order valence-electron chi connectivity index (χ3n) is 18.1. The van der Waals surface area contributed by atoms with Crippen molar-refractivity contribution in [2.24, 2.45) is 0 Å². The lowest BCUT2D eigenvalue weighted by Gasteiger charge is -2.38. The number of anilines is 6. The van der Waals surface area contributed by atoms with Gasteiger partial charge in [-0.1, -0.05) is 203 Å². The third kappa shape index (κ3) is 10.4. The number of aryl methyl sites for hydroxylation is 2. The molecule has 10 aromatic rings.